The Labute approximate surface area is 225 Å². The van der Waals surface area contributed by atoms with Crippen molar-refractivity contribution in [3.8, 4) is 11.5 Å². The number of methoxy groups -OCH3 is 2. The second-order valence-electron chi connectivity index (χ2n) is 8.68. The maximum absolute atomic E-state index is 13.5. The van der Waals surface area contributed by atoms with E-state index in [0.29, 0.717) is 22.7 Å². The number of nitrogens with zero attached hydrogens (tertiary/aromatic N) is 1. The van der Waals surface area contributed by atoms with Crippen molar-refractivity contribution in [2.45, 2.75) is 26.3 Å². The lowest BCUT2D eigenvalue weighted by molar-refractivity contribution is -0.132. The molecule has 0 bridgehead atoms. The van der Waals surface area contributed by atoms with Gasteiger partial charge in [-0.05, 0) is 41.8 Å². The number of ether oxygens (including phenoxy) is 2. The molecule has 1 heterocycles. The second kappa shape index (κ2) is 11.0. The lowest BCUT2D eigenvalue weighted by Crippen LogP contribution is -2.29. The van der Waals surface area contributed by atoms with E-state index >= 15 is 0 Å². The zero-order chi connectivity index (χ0) is 27.6. The Balaban J connectivity index is 1.96. The van der Waals surface area contributed by atoms with E-state index in [-0.39, 0.29) is 27.8 Å². The van der Waals surface area contributed by atoms with Gasteiger partial charge in [-0.3, -0.25) is 19.3 Å². The molecular weight excluding hydrogens is 508 g/mol. The van der Waals surface area contributed by atoms with E-state index in [1.165, 1.54) is 38.2 Å². The molecule has 0 saturated carbocycles. The largest absolute Gasteiger partial charge is 0.507 e. The van der Waals surface area contributed by atoms with Crippen LogP contribution < -0.4 is 19.7 Å². The molecule has 196 valence electrons. The van der Waals surface area contributed by atoms with E-state index < -0.39 is 23.5 Å². The SMILES string of the molecule is CCc1ccc(C2/C(=C(\O)c3cc(Cl)c(OC)cc3OC)C(=O)C(=O)N2c2cccc(NC(C)=O)c2)cc1. The van der Waals surface area contributed by atoms with Crippen LogP contribution in [-0.2, 0) is 20.8 Å². The summed E-state index contributed by atoms with van der Waals surface area (Å²) in [5.41, 5.74) is 2.54. The van der Waals surface area contributed by atoms with Crippen molar-refractivity contribution in [3.63, 3.8) is 0 Å². The van der Waals surface area contributed by atoms with Gasteiger partial charge in [0.2, 0.25) is 5.91 Å². The van der Waals surface area contributed by atoms with E-state index in [1.54, 1.807) is 24.3 Å². The van der Waals surface area contributed by atoms with Crippen molar-refractivity contribution in [2.24, 2.45) is 0 Å². The Kier molecular flexibility index (Phi) is 7.73. The molecule has 1 unspecified atom stereocenters. The number of amides is 2. The third kappa shape index (κ3) is 4.95. The van der Waals surface area contributed by atoms with Crippen molar-refractivity contribution >= 4 is 46.3 Å². The number of halogens is 1. The number of carbonyl (C=O) groups excluding carboxylic acids is 3. The molecule has 1 aliphatic heterocycles. The molecule has 1 saturated heterocycles. The highest BCUT2D eigenvalue weighted by atomic mass is 35.5. The number of hydrogen-bond donors (Lipinski definition) is 2. The number of hydrogen-bond acceptors (Lipinski definition) is 6. The average Bonchev–Trinajstić information content (AvgIpc) is 3.18. The van der Waals surface area contributed by atoms with Crippen LogP contribution >= 0.6 is 11.6 Å². The van der Waals surface area contributed by atoms with Gasteiger partial charge < -0.3 is 19.9 Å². The number of anilines is 2. The number of aliphatic hydroxyl groups is 1. The van der Waals surface area contributed by atoms with E-state index in [2.05, 4.69) is 5.32 Å². The summed E-state index contributed by atoms with van der Waals surface area (Å²) in [5, 5.41) is 14.4. The van der Waals surface area contributed by atoms with Gasteiger partial charge in [0, 0.05) is 24.4 Å². The Hall–Kier alpha value is -4.30. The quantitative estimate of drug-likeness (QED) is 0.235. The van der Waals surface area contributed by atoms with Gasteiger partial charge >= 0.3 is 0 Å². The predicted octanol–water partition coefficient (Wildman–Crippen LogP) is 5.50. The molecule has 3 aromatic carbocycles. The van der Waals surface area contributed by atoms with E-state index in [1.807, 2.05) is 31.2 Å². The molecular formula is C29H27ClN2O6. The third-order valence-electron chi connectivity index (χ3n) is 6.32. The van der Waals surface area contributed by atoms with Crippen LogP contribution in [0.25, 0.3) is 5.76 Å². The molecule has 4 rings (SSSR count). The minimum absolute atomic E-state index is 0.122. The summed E-state index contributed by atoms with van der Waals surface area (Å²) in [7, 11) is 2.85. The maximum Gasteiger partial charge on any atom is 0.300 e. The molecule has 0 aromatic heterocycles. The van der Waals surface area contributed by atoms with Gasteiger partial charge in [-0.15, -0.1) is 0 Å². The van der Waals surface area contributed by atoms with Gasteiger partial charge in [-0.25, -0.2) is 0 Å². The Bertz CT molecular complexity index is 1450. The molecule has 0 spiro atoms. The third-order valence-corrected chi connectivity index (χ3v) is 6.62. The fourth-order valence-electron chi connectivity index (χ4n) is 4.48. The molecule has 1 atom stereocenters. The van der Waals surface area contributed by atoms with Crippen LogP contribution in [0.15, 0.2) is 66.2 Å². The highest BCUT2D eigenvalue weighted by Crippen LogP contribution is 2.45. The van der Waals surface area contributed by atoms with E-state index in [4.69, 9.17) is 21.1 Å². The van der Waals surface area contributed by atoms with Crippen molar-refractivity contribution in [1.82, 2.24) is 0 Å². The van der Waals surface area contributed by atoms with Gasteiger partial charge in [0.05, 0.1) is 36.4 Å². The fraction of sp³-hybridized carbons (Fsp3) is 0.207. The summed E-state index contributed by atoms with van der Waals surface area (Å²) in [5.74, 6) is -1.88. The topological polar surface area (TPSA) is 105 Å². The zero-order valence-electron chi connectivity index (χ0n) is 21.4. The first kappa shape index (κ1) is 26.8. The monoisotopic (exact) mass is 534 g/mol. The Morgan fingerprint density at radius 3 is 2.32 bits per heavy atom. The molecule has 1 fully saturated rings. The van der Waals surface area contributed by atoms with Crippen LogP contribution in [0.5, 0.6) is 11.5 Å². The molecule has 8 nitrogen and oxygen atoms in total. The van der Waals surface area contributed by atoms with Crippen LogP contribution in [-0.4, -0.2) is 36.9 Å². The highest BCUT2D eigenvalue weighted by molar-refractivity contribution is 6.51. The van der Waals surface area contributed by atoms with Gasteiger partial charge in [0.1, 0.15) is 17.3 Å². The molecule has 2 amide bonds. The number of carbonyl (C=O) groups is 3. The number of rotatable bonds is 7. The van der Waals surface area contributed by atoms with E-state index in [0.717, 1.165) is 12.0 Å². The van der Waals surface area contributed by atoms with Crippen molar-refractivity contribution < 1.29 is 29.0 Å². The van der Waals surface area contributed by atoms with Crippen molar-refractivity contribution in [1.29, 1.82) is 0 Å². The second-order valence-corrected chi connectivity index (χ2v) is 9.09. The summed E-state index contributed by atoms with van der Waals surface area (Å²) >= 11 is 6.33. The van der Waals surface area contributed by atoms with Gasteiger partial charge in [-0.1, -0.05) is 48.9 Å². The van der Waals surface area contributed by atoms with Crippen molar-refractivity contribution in [3.05, 3.63) is 87.9 Å². The van der Waals surface area contributed by atoms with Crippen LogP contribution in [0, 0.1) is 0 Å². The minimum atomic E-state index is -0.959. The number of benzene rings is 3. The average molecular weight is 535 g/mol. The lowest BCUT2D eigenvalue weighted by atomic mass is 9.94. The first-order valence-electron chi connectivity index (χ1n) is 11.9. The summed E-state index contributed by atoms with van der Waals surface area (Å²) < 4.78 is 10.7. The Morgan fingerprint density at radius 1 is 1.03 bits per heavy atom. The number of aliphatic hydroxyl groups excluding tert-OH is 1. The summed E-state index contributed by atoms with van der Waals surface area (Å²) in [6.45, 7) is 3.40. The van der Waals surface area contributed by atoms with Gasteiger partial charge in [0.25, 0.3) is 11.7 Å². The molecule has 0 aliphatic carbocycles. The molecule has 2 N–H and O–H groups in total. The summed E-state index contributed by atoms with van der Waals surface area (Å²) in [4.78, 5) is 39.9. The predicted molar refractivity (Wildman–Crippen MR) is 146 cm³/mol. The number of aryl methyl sites for hydroxylation is 1. The smallest absolute Gasteiger partial charge is 0.300 e. The number of Topliss-reactive ketones (excluding diaryl/α,β-unsaturated/α-hetero) is 1. The molecule has 3 aromatic rings. The van der Waals surface area contributed by atoms with Gasteiger partial charge in [0.15, 0.2) is 0 Å². The maximum atomic E-state index is 13.5. The minimum Gasteiger partial charge on any atom is -0.507 e. The summed E-state index contributed by atoms with van der Waals surface area (Å²) in [6, 6.07) is 16.0. The normalized spacial score (nSPS) is 16.4. The summed E-state index contributed by atoms with van der Waals surface area (Å²) in [6.07, 6.45) is 0.806. The molecule has 1 aliphatic rings. The van der Waals surface area contributed by atoms with Crippen LogP contribution in [0.4, 0.5) is 11.4 Å². The van der Waals surface area contributed by atoms with Crippen molar-refractivity contribution in [2.75, 3.05) is 24.4 Å². The Morgan fingerprint density at radius 2 is 1.71 bits per heavy atom. The van der Waals surface area contributed by atoms with Crippen LogP contribution in [0.2, 0.25) is 5.02 Å². The number of nitrogens with one attached hydrogen (secondary N) is 1. The molecule has 38 heavy (non-hydrogen) atoms. The first-order chi connectivity index (χ1) is 18.2. The van der Waals surface area contributed by atoms with Gasteiger partial charge in [-0.2, -0.15) is 0 Å². The standard InChI is InChI=1S/C29H27ClN2O6/c1-5-17-9-11-18(12-10-17)26-25(27(34)21-14-22(30)24(38-4)15-23(21)37-3)28(35)29(36)32(26)20-8-6-7-19(13-20)31-16(2)33/h6-15,26,34H,5H2,1-4H3,(H,31,33)/b27-25+. The van der Waals surface area contributed by atoms with E-state index in [9.17, 15) is 19.5 Å². The fourth-order valence-corrected chi connectivity index (χ4v) is 4.72. The lowest BCUT2D eigenvalue weighted by Gasteiger charge is -2.26. The van der Waals surface area contributed by atoms with Crippen LogP contribution in [0.3, 0.4) is 0 Å². The zero-order valence-corrected chi connectivity index (χ0v) is 22.1. The number of ketones is 1. The molecule has 9 heteroatoms. The molecule has 0 radical (unpaired) electrons. The highest BCUT2D eigenvalue weighted by Gasteiger charge is 2.47. The first-order valence-corrected chi connectivity index (χ1v) is 12.3. The van der Waals surface area contributed by atoms with Crippen LogP contribution in [0.1, 0.15) is 36.6 Å².